The van der Waals surface area contributed by atoms with E-state index in [2.05, 4.69) is 16.4 Å². The molecule has 1 aromatic carbocycles. The zero-order valence-corrected chi connectivity index (χ0v) is 13.9. The van der Waals surface area contributed by atoms with Crippen LogP contribution in [-0.4, -0.2) is 10.9 Å². The first kappa shape index (κ1) is 15.7. The Hall–Kier alpha value is -2.19. The molecule has 0 bridgehead atoms. The second kappa shape index (κ2) is 6.93. The molecule has 23 heavy (non-hydrogen) atoms. The topological polar surface area (TPSA) is 65.8 Å². The molecular weight excluding hydrogens is 306 g/mol. The van der Waals surface area contributed by atoms with Crippen LogP contribution in [0.4, 0.5) is 0 Å². The molecule has 1 amide bonds. The van der Waals surface area contributed by atoms with Gasteiger partial charge in [-0.2, -0.15) is 5.26 Å². The van der Waals surface area contributed by atoms with Crippen LogP contribution in [0, 0.1) is 24.2 Å². The standard InChI is InChI=1S/C18H19N3OS/c1-12-11-20-18(23-12)17(15-7-8-15)21-16(22)9-6-13-2-4-14(10-19)5-3-13/h2-5,11,15,17H,6-9H2,1H3,(H,21,22). The van der Waals surface area contributed by atoms with Crippen LogP contribution < -0.4 is 5.32 Å². The lowest BCUT2D eigenvalue weighted by Crippen LogP contribution is -2.30. The maximum atomic E-state index is 12.3. The average molecular weight is 325 g/mol. The molecule has 4 nitrogen and oxygen atoms in total. The predicted molar refractivity (Wildman–Crippen MR) is 89.9 cm³/mol. The fraction of sp³-hybridized carbons (Fsp3) is 0.389. The van der Waals surface area contributed by atoms with Crippen LogP contribution in [0.5, 0.6) is 0 Å². The molecule has 1 N–H and O–H groups in total. The van der Waals surface area contributed by atoms with Crippen LogP contribution >= 0.6 is 11.3 Å². The lowest BCUT2D eigenvalue weighted by molar-refractivity contribution is -0.122. The van der Waals surface area contributed by atoms with E-state index in [0.29, 0.717) is 24.3 Å². The van der Waals surface area contributed by atoms with Gasteiger partial charge in [0.05, 0.1) is 17.7 Å². The fourth-order valence-corrected chi connectivity index (χ4v) is 3.50. The van der Waals surface area contributed by atoms with Crippen molar-refractivity contribution < 1.29 is 4.79 Å². The quantitative estimate of drug-likeness (QED) is 0.883. The molecule has 1 atom stereocenters. The third-order valence-electron chi connectivity index (χ3n) is 4.04. The summed E-state index contributed by atoms with van der Waals surface area (Å²) in [7, 11) is 0. The van der Waals surface area contributed by atoms with Gasteiger partial charge in [0.2, 0.25) is 5.91 Å². The number of rotatable bonds is 6. The highest BCUT2D eigenvalue weighted by molar-refractivity contribution is 7.11. The number of thiazole rings is 1. The molecule has 0 radical (unpaired) electrons. The van der Waals surface area contributed by atoms with E-state index in [1.54, 1.807) is 23.5 Å². The van der Waals surface area contributed by atoms with Crippen molar-refractivity contribution in [2.45, 2.75) is 38.6 Å². The smallest absolute Gasteiger partial charge is 0.220 e. The Morgan fingerprint density at radius 1 is 1.43 bits per heavy atom. The van der Waals surface area contributed by atoms with Gasteiger partial charge in [0.25, 0.3) is 0 Å². The van der Waals surface area contributed by atoms with Gasteiger partial charge in [-0.1, -0.05) is 12.1 Å². The SMILES string of the molecule is Cc1cnc(C(NC(=O)CCc2ccc(C#N)cc2)C2CC2)s1. The number of carbonyl (C=O) groups excluding carboxylic acids is 1. The van der Waals surface area contributed by atoms with E-state index in [0.717, 1.165) is 10.6 Å². The van der Waals surface area contributed by atoms with E-state index in [9.17, 15) is 4.79 Å². The number of nitriles is 1. The molecule has 118 valence electrons. The summed E-state index contributed by atoms with van der Waals surface area (Å²) in [6.45, 7) is 2.04. The number of carbonyl (C=O) groups is 1. The normalized spacial score (nSPS) is 15.0. The minimum Gasteiger partial charge on any atom is -0.347 e. The number of aromatic nitrogens is 1. The van der Waals surface area contributed by atoms with E-state index in [1.807, 2.05) is 25.3 Å². The number of hydrogen-bond donors (Lipinski definition) is 1. The Morgan fingerprint density at radius 2 is 2.17 bits per heavy atom. The van der Waals surface area contributed by atoms with Crippen molar-refractivity contribution in [2.75, 3.05) is 0 Å². The Bertz CT molecular complexity index is 725. The second-order valence-corrected chi connectivity index (χ2v) is 7.27. The number of aryl methyl sites for hydroxylation is 2. The van der Waals surface area contributed by atoms with Crippen LogP contribution in [0.25, 0.3) is 0 Å². The van der Waals surface area contributed by atoms with Crippen LogP contribution in [-0.2, 0) is 11.2 Å². The third kappa shape index (κ3) is 4.17. The summed E-state index contributed by atoms with van der Waals surface area (Å²) >= 11 is 1.67. The zero-order chi connectivity index (χ0) is 16.2. The first-order valence-electron chi connectivity index (χ1n) is 7.86. The Morgan fingerprint density at radius 3 is 2.74 bits per heavy atom. The van der Waals surface area contributed by atoms with Crippen LogP contribution in [0.15, 0.2) is 30.5 Å². The number of amides is 1. The van der Waals surface area contributed by atoms with Gasteiger partial charge < -0.3 is 5.32 Å². The van der Waals surface area contributed by atoms with E-state index in [4.69, 9.17) is 5.26 Å². The molecule has 1 aliphatic rings. The lowest BCUT2D eigenvalue weighted by Gasteiger charge is -2.15. The fourth-order valence-electron chi connectivity index (χ4n) is 2.58. The van der Waals surface area contributed by atoms with Crippen molar-refractivity contribution in [1.29, 1.82) is 5.26 Å². The van der Waals surface area contributed by atoms with Gasteiger partial charge in [-0.15, -0.1) is 11.3 Å². The minimum atomic E-state index is 0.0686. The summed E-state index contributed by atoms with van der Waals surface area (Å²) in [4.78, 5) is 17.9. The Balaban J connectivity index is 1.56. The molecule has 1 heterocycles. The molecular formula is C18H19N3OS. The van der Waals surface area contributed by atoms with Crippen molar-refractivity contribution in [3.8, 4) is 6.07 Å². The van der Waals surface area contributed by atoms with E-state index < -0.39 is 0 Å². The highest BCUT2D eigenvalue weighted by atomic mass is 32.1. The summed E-state index contributed by atoms with van der Waals surface area (Å²) < 4.78 is 0. The molecule has 1 aromatic heterocycles. The molecule has 1 unspecified atom stereocenters. The van der Waals surface area contributed by atoms with E-state index in [-0.39, 0.29) is 11.9 Å². The summed E-state index contributed by atoms with van der Waals surface area (Å²) in [5.74, 6) is 0.610. The highest BCUT2D eigenvalue weighted by Crippen LogP contribution is 2.42. The summed E-state index contributed by atoms with van der Waals surface area (Å²) in [6, 6.07) is 9.57. The van der Waals surface area contributed by atoms with Crippen LogP contribution in [0.1, 0.15) is 46.3 Å². The first-order chi connectivity index (χ1) is 11.2. The summed E-state index contributed by atoms with van der Waals surface area (Å²) in [6.07, 6.45) is 5.35. The summed E-state index contributed by atoms with van der Waals surface area (Å²) in [5.41, 5.74) is 1.72. The predicted octanol–water partition coefficient (Wildman–Crippen LogP) is 3.52. The largest absolute Gasteiger partial charge is 0.347 e. The van der Waals surface area contributed by atoms with Crippen molar-refractivity contribution in [3.05, 3.63) is 51.5 Å². The molecule has 0 aliphatic heterocycles. The maximum absolute atomic E-state index is 12.3. The third-order valence-corrected chi connectivity index (χ3v) is 5.03. The molecule has 0 saturated heterocycles. The van der Waals surface area contributed by atoms with Gasteiger partial charge in [0.1, 0.15) is 5.01 Å². The number of nitrogens with zero attached hydrogens (tertiary/aromatic N) is 2. The minimum absolute atomic E-state index is 0.0686. The van der Waals surface area contributed by atoms with Gasteiger partial charge in [0.15, 0.2) is 0 Å². The Kier molecular flexibility index (Phi) is 4.73. The second-order valence-electron chi connectivity index (χ2n) is 6.00. The monoisotopic (exact) mass is 325 g/mol. The van der Waals surface area contributed by atoms with Gasteiger partial charge >= 0.3 is 0 Å². The van der Waals surface area contributed by atoms with Crippen LogP contribution in [0.2, 0.25) is 0 Å². The zero-order valence-electron chi connectivity index (χ0n) is 13.1. The molecule has 1 fully saturated rings. The molecule has 5 heteroatoms. The summed E-state index contributed by atoms with van der Waals surface area (Å²) in [5, 5.41) is 13.0. The van der Waals surface area contributed by atoms with Crippen molar-refractivity contribution in [2.24, 2.45) is 5.92 Å². The molecule has 3 rings (SSSR count). The first-order valence-corrected chi connectivity index (χ1v) is 8.68. The average Bonchev–Trinajstić information content (AvgIpc) is 3.32. The molecule has 2 aromatic rings. The number of benzene rings is 1. The van der Waals surface area contributed by atoms with E-state index in [1.165, 1.54) is 17.7 Å². The maximum Gasteiger partial charge on any atom is 0.220 e. The van der Waals surface area contributed by atoms with Gasteiger partial charge in [0, 0.05) is 17.5 Å². The van der Waals surface area contributed by atoms with Crippen molar-refractivity contribution in [1.82, 2.24) is 10.3 Å². The molecule has 1 saturated carbocycles. The molecule has 1 aliphatic carbocycles. The van der Waals surface area contributed by atoms with Crippen LogP contribution in [0.3, 0.4) is 0 Å². The van der Waals surface area contributed by atoms with E-state index >= 15 is 0 Å². The van der Waals surface area contributed by atoms with Crippen molar-refractivity contribution >= 4 is 17.2 Å². The van der Waals surface area contributed by atoms with Gasteiger partial charge in [-0.25, -0.2) is 4.98 Å². The van der Waals surface area contributed by atoms with Gasteiger partial charge in [-0.3, -0.25) is 4.79 Å². The number of nitrogens with one attached hydrogen (secondary N) is 1. The number of hydrogen-bond acceptors (Lipinski definition) is 4. The molecule has 0 spiro atoms. The highest BCUT2D eigenvalue weighted by Gasteiger charge is 2.35. The van der Waals surface area contributed by atoms with Crippen molar-refractivity contribution in [3.63, 3.8) is 0 Å². The lowest BCUT2D eigenvalue weighted by atomic mass is 10.1. The van der Waals surface area contributed by atoms with Gasteiger partial charge in [-0.05, 0) is 49.8 Å². The Labute approximate surface area is 140 Å².